The van der Waals surface area contributed by atoms with E-state index in [1.165, 1.54) is 48.7 Å². The number of rotatable bonds is 6. The van der Waals surface area contributed by atoms with Crippen LogP contribution in [0.25, 0.3) is 11.3 Å². The minimum atomic E-state index is -4.50. The maximum absolute atomic E-state index is 13.0. The minimum Gasteiger partial charge on any atom is -0.468 e. The third-order valence-corrected chi connectivity index (χ3v) is 3.62. The monoisotopic (exact) mass is 394 g/mol. The lowest BCUT2D eigenvalue weighted by Crippen LogP contribution is -2.24. The van der Waals surface area contributed by atoms with Crippen molar-refractivity contribution in [1.82, 2.24) is 10.3 Å². The van der Waals surface area contributed by atoms with Gasteiger partial charge in [-0.3, -0.25) is 4.79 Å². The zero-order valence-corrected chi connectivity index (χ0v) is 14.3. The first kappa shape index (κ1) is 19.4. The van der Waals surface area contributed by atoms with Gasteiger partial charge in [-0.05, 0) is 42.5 Å². The van der Waals surface area contributed by atoms with Crippen molar-refractivity contribution in [3.63, 3.8) is 0 Å². The summed E-state index contributed by atoms with van der Waals surface area (Å²) in [5, 5.41) is 2.53. The van der Waals surface area contributed by atoms with Gasteiger partial charge < -0.3 is 14.5 Å². The molecule has 0 bridgehead atoms. The number of halogens is 4. The Morgan fingerprint density at radius 3 is 2.57 bits per heavy atom. The lowest BCUT2D eigenvalue weighted by atomic mass is 10.2. The highest BCUT2D eigenvalue weighted by atomic mass is 19.4. The molecule has 2 aromatic heterocycles. The third kappa shape index (κ3) is 5.09. The Balaban J connectivity index is 1.64. The summed E-state index contributed by atoms with van der Waals surface area (Å²) < 4.78 is 60.1. The van der Waals surface area contributed by atoms with Crippen LogP contribution >= 0.6 is 0 Å². The van der Waals surface area contributed by atoms with E-state index in [2.05, 4.69) is 15.0 Å². The van der Waals surface area contributed by atoms with Crippen molar-refractivity contribution in [2.24, 2.45) is 0 Å². The minimum absolute atomic E-state index is 0.000903. The smallest absolute Gasteiger partial charge is 0.422 e. The molecule has 0 aliphatic carbocycles. The summed E-state index contributed by atoms with van der Waals surface area (Å²) in [5.74, 6) is -0.805. The number of nitrogens with one attached hydrogen (secondary N) is 1. The Hall–Kier alpha value is -3.36. The fourth-order valence-corrected chi connectivity index (χ4v) is 2.33. The highest BCUT2D eigenvalue weighted by Gasteiger charge is 2.29. The molecule has 0 spiro atoms. The Morgan fingerprint density at radius 1 is 1.11 bits per heavy atom. The second-order valence-electron chi connectivity index (χ2n) is 5.72. The van der Waals surface area contributed by atoms with Gasteiger partial charge in [-0.15, -0.1) is 0 Å². The first-order valence-electron chi connectivity index (χ1n) is 8.09. The van der Waals surface area contributed by atoms with E-state index in [0.29, 0.717) is 11.3 Å². The van der Waals surface area contributed by atoms with Crippen LogP contribution < -0.4 is 10.1 Å². The largest absolute Gasteiger partial charge is 0.468 e. The summed E-state index contributed by atoms with van der Waals surface area (Å²) >= 11 is 0. The second-order valence-corrected chi connectivity index (χ2v) is 5.72. The Morgan fingerprint density at radius 2 is 1.86 bits per heavy atom. The second kappa shape index (κ2) is 8.12. The van der Waals surface area contributed by atoms with E-state index in [4.69, 9.17) is 4.42 Å². The number of benzene rings is 1. The molecule has 5 nitrogen and oxygen atoms in total. The normalized spacial score (nSPS) is 11.3. The lowest BCUT2D eigenvalue weighted by molar-refractivity contribution is -0.154. The number of aromatic nitrogens is 1. The van der Waals surface area contributed by atoms with Crippen molar-refractivity contribution < 1.29 is 31.5 Å². The molecule has 0 radical (unpaired) electrons. The molecule has 28 heavy (non-hydrogen) atoms. The third-order valence-electron chi connectivity index (χ3n) is 3.62. The van der Waals surface area contributed by atoms with Crippen LogP contribution in [0, 0.1) is 5.82 Å². The van der Waals surface area contributed by atoms with Crippen LogP contribution in [0.2, 0.25) is 0 Å². The molecule has 3 rings (SSSR count). The Labute approximate surface area is 157 Å². The first-order valence-corrected chi connectivity index (χ1v) is 8.09. The van der Waals surface area contributed by atoms with Crippen molar-refractivity contribution in [2.75, 3.05) is 6.61 Å². The molecule has 146 valence electrons. The van der Waals surface area contributed by atoms with E-state index in [0.717, 1.165) is 0 Å². The predicted octanol–water partition coefficient (Wildman–Crippen LogP) is 4.35. The maximum Gasteiger partial charge on any atom is 0.422 e. The quantitative estimate of drug-likeness (QED) is 0.632. The van der Waals surface area contributed by atoms with Crippen LogP contribution in [0.3, 0.4) is 0 Å². The van der Waals surface area contributed by atoms with Gasteiger partial charge in [-0.25, -0.2) is 9.37 Å². The summed E-state index contributed by atoms with van der Waals surface area (Å²) in [4.78, 5) is 16.0. The van der Waals surface area contributed by atoms with Crippen LogP contribution in [0.15, 0.2) is 59.1 Å². The first-order chi connectivity index (χ1) is 13.3. The van der Waals surface area contributed by atoms with Gasteiger partial charge in [0.1, 0.15) is 11.6 Å². The van der Waals surface area contributed by atoms with Gasteiger partial charge in [0.15, 0.2) is 12.4 Å². The van der Waals surface area contributed by atoms with Crippen molar-refractivity contribution in [3.05, 3.63) is 71.9 Å². The van der Waals surface area contributed by atoms with Crippen molar-refractivity contribution in [1.29, 1.82) is 0 Å². The van der Waals surface area contributed by atoms with Crippen LogP contribution in [-0.2, 0) is 6.54 Å². The molecular weight excluding hydrogens is 380 g/mol. The van der Waals surface area contributed by atoms with Crippen molar-refractivity contribution in [2.45, 2.75) is 12.7 Å². The number of hydrogen-bond acceptors (Lipinski definition) is 4. The number of nitrogens with zero attached hydrogens (tertiary/aromatic N) is 1. The average Bonchev–Trinajstić information content (AvgIpc) is 3.15. The summed E-state index contributed by atoms with van der Waals surface area (Å²) in [6.45, 7) is -1.59. The van der Waals surface area contributed by atoms with Gasteiger partial charge in [0, 0.05) is 23.9 Å². The number of amides is 1. The molecule has 0 aliphatic heterocycles. The molecule has 0 aliphatic rings. The number of hydrogen-bond donors (Lipinski definition) is 1. The van der Waals surface area contributed by atoms with Crippen LogP contribution in [-0.4, -0.2) is 23.7 Å². The number of carbonyl (C=O) groups excluding carboxylic acids is 1. The number of pyridine rings is 1. The molecule has 0 unspecified atom stereocenters. The summed E-state index contributed by atoms with van der Waals surface area (Å²) in [5.41, 5.74) is 0.876. The molecule has 9 heteroatoms. The molecule has 0 fully saturated rings. The van der Waals surface area contributed by atoms with Crippen LogP contribution in [0.1, 0.15) is 16.1 Å². The zero-order valence-electron chi connectivity index (χ0n) is 14.3. The maximum atomic E-state index is 13.0. The lowest BCUT2D eigenvalue weighted by Gasteiger charge is -2.12. The number of alkyl halides is 3. The fraction of sp³-hybridized carbons (Fsp3) is 0.158. The summed E-state index contributed by atoms with van der Waals surface area (Å²) in [6.07, 6.45) is -3.21. The van der Waals surface area contributed by atoms with Crippen molar-refractivity contribution in [3.8, 4) is 17.2 Å². The Kier molecular flexibility index (Phi) is 5.62. The highest BCUT2D eigenvalue weighted by molar-refractivity contribution is 5.92. The highest BCUT2D eigenvalue weighted by Crippen LogP contribution is 2.23. The zero-order chi connectivity index (χ0) is 20.1. The number of furan rings is 1. The molecular formula is C19H14F4N2O3. The van der Waals surface area contributed by atoms with Gasteiger partial charge in [-0.2, -0.15) is 13.2 Å². The van der Waals surface area contributed by atoms with E-state index in [9.17, 15) is 22.4 Å². The molecule has 2 heterocycles. The SMILES string of the molecule is O=C(NCc1cccnc1OCC(F)(F)F)c1ccc(-c2ccc(F)cc2)o1. The van der Waals surface area contributed by atoms with E-state index >= 15 is 0 Å². The molecule has 1 amide bonds. The van der Waals surface area contributed by atoms with E-state index in [1.807, 2.05) is 0 Å². The molecule has 1 N–H and O–H groups in total. The molecule has 0 saturated heterocycles. The number of ether oxygens (including phenoxy) is 1. The fourth-order valence-electron chi connectivity index (χ4n) is 2.33. The van der Waals surface area contributed by atoms with E-state index in [1.54, 1.807) is 6.07 Å². The van der Waals surface area contributed by atoms with Gasteiger partial charge in [-0.1, -0.05) is 6.07 Å². The Bertz CT molecular complexity index is 952. The molecule has 1 aromatic carbocycles. The van der Waals surface area contributed by atoms with Gasteiger partial charge in [0.25, 0.3) is 5.91 Å². The molecule has 0 saturated carbocycles. The number of carbonyl (C=O) groups is 1. The van der Waals surface area contributed by atoms with E-state index < -0.39 is 24.5 Å². The standard InChI is InChI=1S/C19H14F4N2O3/c20-14-5-3-12(4-6-14)15-7-8-16(28-15)17(26)25-10-13-2-1-9-24-18(13)27-11-19(21,22)23/h1-9H,10-11H2,(H,25,26). The van der Waals surface area contributed by atoms with Crippen LogP contribution in [0.4, 0.5) is 17.6 Å². The summed E-state index contributed by atoms with van der Waals surface area (Å²) in [6, 6.07) is 11.6. The molecule has 3 aromatic rings. The topological polar surface area (TPSA) is 64.4 Å². The summed E-state index contributed by atoms with van der Waals surface area (Å²) in [7, 11) is 0. The van der Waals surface area contributed by atoms with Gasteiger partial charge >= 0.3 is 6.18 Å². The van der Waals surface area contributed by atoms with E-state index in [-0.39, 0.29) is 23.7 Å². The van der Waals surface area contributed by atoms with Crippen molar-refractivity contribution >= 4 is 5.91 Å². The average molecular weight is 394 g/mol. The van der Waals surface area contributed by atoms with Gasteiger partial charge in [0.05, 0.1) is 0 Å². The molecule has 0 atom stereocenters. The van der Waals surface area contributed by atoms with Crippen LogP contribution in [0.5, 0.6) is 5.88 Å². The predicted molar refractivity (Wildman–Crippen MR) is 91.1 cm³/mol. The van der Waals surface area contributed by atoms with Gasteiger partial charge in [0.2, 0.25) is 5.88 Å².